The molecule has 6 heteroatoms. The zero-order chi connectivity index (χ0) is 16.6. The molecule has 0 fully saturated rings. The second-order valence-electron chi connectivity index (χ2n) is 5.63. The van der Waals surface area contributed by atoms with Crippen LogP contribution in [0.25, 0.3) is 16.9 Å². The number of aromatic nitrogens is 2. The number of fused-ring (bicyclic) bond motifs is 1. The molecule has 0 saturated carbocycles. The van der Waals surface area contributed by atoms with Crippen LogP contribution in [-0.4, -0.2) is 23.6 Å². The molecule has 3 rings (SSSR count). The normalized spacial score (nSPS) is 11.8. The first-order valence-corrected chi connectivity index (χ1v) is 9.10. The lowest BCUT2D eigenvalue weighted by molar-refractivity contribution is 0.602. The molecule has 0 spiro atoms. The minimum atomic E-state index is -3.30. The molecule has 1 N–H and O–H groups in total. The Bertz CT molecular complexity index is 975. The molecular formula is C17H19N3O2S. The molecule has 120 valence electrons. The van der Waals surface area contributed by atoms with Crippen LogP contribution >= 0.6 is 0 Å². The van der Waals surface area contributed by atoms with Crippen LogP contribution in [0, 0.1) is 13.8 Å². The van der Waals surface area contributed by atoms with Gasteiger partial charge in [-0.25, -0.2) is 13.4 Å². The lowest BCUT2D eigenvalue weighted by Gasteiger charge is -2.10. The van der Waals surface area contributed by atoms with E-state index in [1.54, 1.807) is 6.92 Å². The molecule has 1 aromatic carbocycles. The second kappa shape index (κ2) is 5.70. The monoisotopic (exact) mass is 329 g/mol. The average molecular weight is 329 g/mol. The second-order valence-corrected chi connectivity index (χ2v) is 7.64. The van der Waals surface area contributed by atoms with E-state index in [4.69, 9.17) is 0 Å². The third kappa shape index (κ3) is 3.22. The van der Waals surface area contributed by atoms with Gasteiger partial charge in [0.15, 0.2) is 0 Å². The highest BCUT2D eigenvalue weighted by atomic mass is 32.2. The number of sulfonamides is 1. The molecule has 2 aromatic heterocycles. The summed E-state index contributed by atoms with van der Waals surface area (Å²) in [7, 11) is -3.30. The third-order valence-corrected chi connectivity index (χ3v) is 5.09. The van der Waals surface area contributed by atoms with Crippen molar-refractivity contribution in [2.45, 2.75) is 20.8 Å². The first-order valence-electron chi connectivity index (χ1n) is 7.45. The zero-order valence-corrected chi connectivity index (χ0v) is 14.2. The Morgan fingerprint density at radius 2 is 1.96 bits per heavy atom. The van der Waals surface area contributed by atoms with E-state index in [0.717, 1.165) is 28.0 Å². The molecular weight excluding hydrogens is 310 g/mol. The third-order valence-electron chi connectivity index (χ3n) is 3.79. The van der Waals surface area contributed by atoms with Crippen molar-refractivity contribution in [2.24, 2.45) is 0 Å². The number of hydrogen-bond donors (Lipinski definition) is 1. The highest BCUT2D eigenvalue weighted by Gasteiger charge is 2.11. The summed E-state index contributed by atoms with van der Waals surface area (Å²) < 4.78 is 28.2. The van der Waals surface area contributed by atoms with Crippen LogP contribution in [0.3, 0.4) is 0 Å². The fourth-order valence-corrected chi connectivity index (χ4v) is 3.05. The van der Waals surface area contributed by atoms with Gasteiger partial charge in [0, 0.05) is 18.0 Å². The Morgan fingerprint density at radius 1 is 1.17 bits per heavy atom. The largest absolute Gasteiger partial charge is 0.306 e. The summed E-state index contributed by atoms with van der Waals surface area (Å²) in [5.41, 5.74) is 5.19. The maximum Gasteiger partial charge on any atom is 0.232 e. The average Bonchev–Trinajstić information content (AvgIpc) is 2.92. The summed E-state index contributed by atoms with van der Waals surface area (Å²) in [5, 5.41) is 0. The molecule has 3 aromatic rings. The van der Waals surface area contributed by atoms with Crippen LogP contribution in [0.2, 0.25) is 0 Å². The lowest BCUT2D eigenvalue weighted by atomic mass is 10.1. The summed E-state index contributed by atoms with van der Waals surface area (Å²) in [4.78, 5) is 4.62. The van der Waals surface area contributed by atoms with Crippen molar-refractivity contribution in [3.63, 3.8) is 0 Å². The molecule has 0 aliphatic carbocycles. The van der Waals surface area contributed by atoms with Crippen molar-refractivity contribution in [3.05, 3.63) is 53.9 Å². The highest BCUT2D eigenvalue weighted by molar-refractivity contribution is 7.92. The van der Waals surface area contributed by atoms with Crippen LogP contribution in [-0.2, 0) is 10.0 Å². The first-order chi connectivity index (χ1) is 10.9. The van der Waals surface area contributed by atoms with Crippen LogP contribution in [0.5, 0.6) is 0 Å². The summed E-state index contributed by atoms with van der Waals surface area (Å²) in [6.07, 6.45) is 3.91. The minimum Gasteiger partial charge on any atom is -0.306 e. The predicted molar refractivity (Wildman–Crippen MR) is 93.2 cm³/mol. The van der Waals surface area contributed by atoms with Crippen molar-refractivity contribution < 1.29 is 8.42 Å². The molecule has 0 atom stereocenters. The van der Waals surface area contributed by atoms with Gasteiger partial charge in [-0.05, 0) is 50.1 Å². The van der Waals surface area contributed by atoms with E-state index in [9.17, 15) is 8.42 Å². The summed E-state index contributed by atoms with van der Waals surface area (Å²) in [6.45, 7) is 5.52. The van der Waals surface area contributed by atoms with Gasteiger partial charge in [-0.1, -0.05) is 12.1 Å². The quantitative estimate of drug-likeness (QED) is 0.798. The van der Waals surface area contributed by atoms with E-state index >= 15 is 0 Å². The smallest absolute Gasteiger partial charge is 0.232 e. The molecule has 23 heavy (non-hydrogen) atoms. The number of aryl methyl sites for hydroxylation is 2. The molecule has 2 heterocycles. The minimum absolute atomic E-state index is 0.0459. The van der Waals surface area contributed by atoms with Crippen molar-refractivity contribution in [1.29, 1.82) is 0 Å². The van der Waals surface area contributed by atoms with Crippen LogP contribution < -0.4 is 4.72 Å². The van der Waals surface area contributed by atoms with E-state index in [1.807, 2.05) is 61.0 Å². The molecule has 0 unspecified atom stereocenters. The molecule has 0 bridgehead atoms. The van der Waals surface area contributed by atoms with Gasteiger partial charge < -0.3 is 4.40 Å². The van der Waals surface area contributed by atoms with Crippen molar-refractivity contribution >= 4 is 21.4 Å². The van der Waals surface area contributed by atoms with E-state index in [1.165, 1.54) is 0 Å². The Kier molecular flexibility index (Phi) is 3.85. The van der Waals surface area contributed by atoms with E-state index < -0.39 is 10.0 Å². The van der Waals surface area contributed by atoms with Gasteiger partial charge in [-0.2, -0.15) is 0 Å². The molecule has 0 amide bonds. The number of benzene rings is 1. The Morgan fingerprint density at radius 3 is 2.70 bits per heavy atom. The van der Waals surface area contributed by atoms with Gasteiger partial charge >= 0.3 is 0 Å². The molecule has 0 aliphatic rings. The van der Waals surface area contributed by atoms with Crippen LogP contribution in [0.1, 0.15) is 18.1 Å². The van der Waals surface area contributed by atoms with Crippen LogP contribution in [0.15, 0.2) is 42.7 Å². The van der Waals surface area contributed by atoms with Crippen molar-refractivity contribution in [1.82, 2.24) is 9.38 Å². The van der Waals surface area contributed by atoms with Gasteiger partial charge in [0.05, 0.1) is 17.1 Å². The zero-order valence-electron chi connectivity index (χ0n) is 13.4. The van der Waals surface area contributed by atoms with Gasteiger partial charge in [0.1, 0.15) is 5.65 Å². The van der Waals surface area contributed by atoms with Gasteiger partial charge in [0.25, 0.3) is 0 Å². The van der Waals surface area contributed by atoms with Crippen molar-refractivity contribution in [3.8, 4) is 11.3 Å². The van der Waals surface area contributed by atoms with Crippen molar-refractivity contribution in [2.75, 3.05) is 10.5 Å². The van der Waals surface area contributed by atoms with E-state index in [0.29, 0.717) is 5.69 Å². The number of pyridine rings is 1. The Hall–Kier alpha value is -2.34. The highest BCUT2D eigenvalue weighted by Crippen LogP contribution is 2.26. The number of anilines is 1. The number of hydrogen-bond acceptors (Lipinski definition) is 3. The van der Waals surface area contributed by atoms with Gasteiger partial charge in [-0.3, -0.25) is 4.72 Å². The SMILES string of the molecule is CCS(=O)(=O)Nc1cc(-c2cn3ccc(C)cc3n2)ccc1C. The number of rotatable bonds is 4. The maximum atomic E-state index is 11.8. The first kappa shape index (κ1) is 15.6. The standard InChI is InChI=1S/C17H19N3O2S/c1-4-23(21,22)19-15-10-14(6-5-13(15)3)16-11-20-8-7-12(2)9-17(20)18-16/h5-11,19H,4H2,1-3H3. The summed E-state index contributed by atoms with van der Waals surface area (Å²) in [5.74, 6) is 0.0459. The lowest BCUT2D eigenvalue weighted by Crippen LogP contribution is -2.15. The van der Waals surface area contributed by atoms with Crippen LogP contribution in [0.4, 0.5) is 5.69 Å². The molecule has 0 aliphatic heterocycles. The summed E-state index contributed by atoms with van der Waals surface area (Å²) in [6, 6.07) is 9.72. The predicted octanol–water partition coefficient (Wildman–Crippen LogP) is 3.38. The number of nitrogens with one attached hydrogen (secondary N) is 1. The molecule has 5 nitrogen and oxygen atoms in total. The topological polar surface area (TPSA) is 63.5 Å². The number of nitrogens with zero attached hydrogens (tertiary/aromatic N) is 2. The summed E-state index contributed by atoms with van der Waals surface area (Å²) >= 11 is 0. The fraction of sp³-hybridized carbons (Fsp3) is 0.235. The van der Waals surface area contributed by atoms with Gasteiger partial charge in [-0.15, -0.1) is 0 Å². The fourth-order valence-electron chi connectivity index (χ4n) is 2.35. The van der Waals surface area contributed by atoms with Gasteiger partial charge in [0.2, 0.25) is 10.0 Å². The van der Waals surface area contributed by atoms with E-state index in [-0.39, 0.29) is 5.75 Å². The molecule has 0 radical (unpaired) electrons. The Balaban J connectivity index is 2.05. The maximum absolute atomic E-state index is 11.8. The van der Waals surface area contributed by atoms with E-state index in [2.05, 4.69) is 9.71 Å². The Labute approximate surface area is 136 Å². The molecule has 0 saturated heterocycles. The number of imidazole rings is 1.